The first kappa shape index (κ1) is 14.8. The lowest BCUT2D eigenvalue weighted by Crippen LogP contribution is -2.28. The highest BCUT2D eigenvalue weighted by atomic mass is 16.6. The van der Waals surface area contributed by atoms with Crippen molar-refractivity contribution in [3.8, 4) is 0 Å². The number of nitrogens with zero attached hydrogens (tertiary/aromatic N) is 1. The van der Waals surface area contributed by atoms with E-state index in [9.17, 15) is 9.59 Å². The zero-order valence-corrected chi connectivity index (χ0v) is 13.6. The zero-order valence-electron chi connectivity index (χ0n) is 13.6. The molecule has 2 atom stereocenters. The third kappa shape index (κ3) is 2.05. The van der Waals surface area contributed by atoms with E-state index < -0.39 is 11.7 Å². The molecule has 22 heavy (non-hydrogen) atoms. The summed E-state index contributed by atoms with van der Waals surface area (Å²) in [5.74, 6) is 0.00622. The van der Waals surface area contributed by atoms with Crippen LogP contribution in [0.4, 0.5) is 4.79 Å². The predicted octanol–water partition coefficient (Wildman–Crippen LogP) is 4.36. The standard InChI is InChI=1S/C18H21NO3/c1-10-11(2)16(20)14-12-8-6-7-9-13(12)19(15(10)14)17(21)22-18(3,4)5/h6-11H,1-5H3. The molecule has 1 heterocycles. The largest absolute Gasteiger partial charge is 0.443 e. The number of ketones is 1. The summed E-state index contributed by atoms with van der Waals surface area (Å²) in [4.78, 5) is 25.3. The maximum atomic E-state index is 12.7. The van der Waals surface area contributed by atoms with E-state index in [-0.39, 0.29) is 17.6 Å². The Labute approximate surface area is 130 Å². The van der Waals surface area contributed by atoms with E-state index in [0.29, 0.717) is 5.56 Å². The van der Waals surface area contributed by atoms with E-state index in [1.807, 2.05) is 58.9 Å². The summed E-state index contributed by atoms with van der Waals surface area (Å²) in [7, 11) is 0. The summed E-state index contributed by atoms with van der Waals surface area (Å²) < 4.78 is 7.13. The fourth-order valence-electron chi connectivity index (χ4n) is 3.15. The number of benzene rings is 1. The second-order valence-corrected chi connectivity index (χ2v) is 7.03. The van der Waals surface area contributed by atoms with Crippen LogP contribution >= 0.6 is 0 Å². The number of ether oxygens (including phenoxy) is 1. The average molecular weight is 299 g/mol. The van der Waals surface area contributed by atoms with Gasteiger partial charge in [0.1, 0.15) is 5.60 Å². The molecule has 0 saturated heterocycles. The summed E-state index contributed by atoms with van der Waals surface area (Å²) in [5.41, 5.74) is 1.63. The number of hydrogen-bond acceptors (Lipinski definition) is 3. The summed E-state index contributed by atoms with van der Waals surface area (Å²) in [6, 6.07) is 7.53. The lowest BCUT2D eigenvalue weighted by molar-refractivity contribution is 0.0538. The van der Waals surface area contributed by atoms with Crippen molar-refractivity contribution in [3.05, 3.63) is 35.5 Å². The Hall–Kier alpha value is -2.10. The molecular formula is C18H21NO3. The van der Waals surface area contributed by atoms with Crippen LogP contribution in [0.3, 0.4) is 0 Å². The Morgan fingerprint density at radius 1 is 1.14 bits per heavy atom. The molecule has 2 unspecified atom stereocenters. The van der Waals surface area contributed by atoms with Crippen LogP contribution in [0.5, 0.6) is 0 Å². The molecule has 4 nitrogen and oxygen atoms in total. The van der Waals surface area contributed by atoms with Gasteiger partial charge in [-0.05, 0) is 26.8 Å². The van der Waals surface area contributed by atoms with E-state index in [2.05, 4.69) is 0 Å². The summed E-state index contributed by atoms with van der Waals surface area (Å²) >= 11 is 0. The highest BCUT2D eigenvalue weighted by Gasteiger charge is 2.41. The summed E-state index contributed by atoms with van der Waals surface area (Å²) in [5, 5.41) is 0.838. The molecule has 0 aliphatic heterocycles. The van der Waals surface area contributed by atoms with Crippen LogP contribution in [0, 0.1) is 5.92 Å². The van der Waals surface area contributed by atoms with Crippen LogP contribution in [-0.4, -0.2) is 22.0 Å². The predicted molar refractivity (Wildman–Crippen MR) is 85.5 cm³/mol. The van der Waals surface area contributed by atoms with Gasteiger partial charge in [0.2, 0.25) is 0 Å². The molecule has 0 bridgehead atoms. The van der Waals surface area contributed by atoms with Crippen LogP contribution in [0.2, 0.25) is 0 Å². The molecular weight excluding hydrogens is 278 g/mol. The van der Waals surface area contributed by atoms with Crippen LogP contribution in [-0.2, 0) is 4.74 Å². The number of rotatable bonds is 0. The van der Waals surface area contributed by atoms with E-state index in [1.54, 1.807) is 4.57 Å². The van der Waals surface area contributed by atoms with Gasteiger partial charge in [-0.15, -0.1) is 0 Å². The molecule has 1 aromatic heterocycles. The van der Waals surface area contributed by atoms with Crippen LogP contribution in [0.15, 0.2) is 24.3 Å². The summed E-state index contributed by atoms with van der Waals surface area (Å²) in [6.07, 6.45) is -0.418. The molecule has 0 N–H and O–H groups in total. The second-order valence-electron chi connectivity index (χ2n) is 7.03. The highest BCUT2D eigenvalue weighted by Crippen LogP contribution is 2.43. The lowest BCUT2D eigenvalue weighted by atomic mass is 9.98. The minimum Gasteiger partial charge on any atom is -0.443 e. The third-order valence-corrected chi connectivity index (χ3v) is 4.33. The van der Waals surface area contributed by atoms with Gasteiger partial charge in [0.15, 0.2) is 5.78 Å². The van der Waals surface area contributed by atoms with Gasteiger partial charge in [0, 0.05) is 28.5 Å². The van der Waals surface area contributed by atoms with Gasteiger partial charge in [-0.3, -0.25) is 4.79 Å². The molecule has 0 fully saturated rings. The van der Waals surface area contributed by atoms with Crippen molar-refractivity contribution >= 4 is 22.8 Å². The number of Topliss-reactive ketones (excluding diaryl/α,β-unsaturated/α-hetero) is 1. The maximum Gasteiger partial charge on any atom is 0.419 e. The minimum absolute atomic E-state index is 0.00224. The molecule has 3 rings (SSSR count). The Balaban J connectivity index is 2.27. The third-order valence-electron chi connectivity index (χ3n) is 4.33. The maximum absolute atomic E-state index is 12.7. The zero-order chi connectivity index (χ0) is 16.2. The van der Waals surface area contributed by atoms with Crippen molar-refractivity contribution in [2.45, 2.75) is 46.1 Å². The van der Waals surface area contributed by atoms with Crippen molar-refractivity contribution in [1.82, 2.24) is 4.57 Å². The second kappa shape index (κ2) is 4.70. The Kier molecular flexibility index (Phi) is 3.17. The van der Waals surface area contributed by atoms with E-state index in [0.717, 1.165) is 16.6 Å². The highest BCUT2D eigenvalue weighted by molar-refractivity contribution is 6.15. The fourth-order valence-corrected chi connectivity index (χ4v) is 3.15. The van der Waals surface area contributed by atoms with Gasteiger partial charge in [-0.1, -0.05) is 32.0 Å². The van der Waals surface area contributed by atoms with E-state index in [1.165, 1.54) is 0 Å². The lowest BCUT2D eigenvalue weighted by Gasteiger charge is -2.22. The smallest absolute Gasteiger partial charge is 0.419 e. The fraction of sp³-hybridized carbons (Fsp3) is 0.444. The Bertz CT molecular complexity index is 779. The van der Waals surface area contributed by atoms with Crippen molar-refractivity contribution < 1.29 is 14.3 Å². The average Bonchev–Trinajstić information content (AvgIpc) is 2.87. The number of carbonyl (C=O) groups excluding carboxylic acids is 2. The van der Waals surface area contributed by atoms with Crippen LogP contribution < -0.4 is 0 Å². The van der Waals surface area contributed by atoms with Gasteiger partial charge in [0.05, 0.1) is 5.52 Å². The normalized spacial score (nSPS) is 21.2. The van der Waals surface area contributed by atoms with Crippen molar-refractivity contribution in [1.29, 1.82) is 0 Å². The Morgan fingerprint density at radius 3 is 2.41 bits per heavy atom. The molecule has 0 amide bonds. The van der Waals surface area contributed by atoms with Crippen molar-refractivity contribution in [3.63, 3.8) is 0 Å². The molecule has 0 saturated carbocycles. The van der Waals surface area contributed by atoms with Crippen LogP contribution in [0.1, 0.15) is 56.6 Å². The first-order valence-electron chi connectivity index (χ1n) is 7.63. The molecule has 116 valence electrons. The number of hydrogen-bond donors (Lipinski definition) is 0. The van der Waals surface area contributed by atoms with Gasteiger partial charge in [-0.2, -0.15) is 0 Å². The first-order valence-corrected chi connectivity index (χ1v) is 7.63. The van der Waals surface area contributed by atoms with Crippen molar-refractivity contribution in [2.24, 2.45) is 5.92 Å². The van der Waals surface area contributed by atoms with Gasteiger partial charge >= 0.3 is 6.09 Å². The molecule has 1 aromatic carbocycles. The van der Waals surface area contributed by atoms with E-state index in [4.69, 9.17) is 4.74 Å². The van der Waals surface area contributed by atoms with Crippen LogP contribution in [0.25, 0.3) is 10.9 Å². The monoisotopic (exact) mass is 299 g/mol. The van der Waals surface area contributed by atoms with Gasteiger partial charge in [-0.25, -0.2) is 9.36 Å². The quantitative estimate of drug-likeness (QED) is 0.726. The minimum atomic E-state index is -0.577. The SMILES string of the molecule is CC1C(=O)c2c(n(C(=O)OC(C)(C)C)c3ccccc23)C1C. The first-order chi connectivity index (χ1) is 10.2. The van der Waals surface area contributed by atoms with Crippen molar-refractivity contribution in [2.75, 3.05) is 0 Å². The number of aromatic nitrogens is 1. The number of carbonyl (C=O) groups is 2. The number of para-hydroxylation sites is 1. The molecule has 2 aromatic rings. The summed E-state index contributed by atoms with van der Waals surface area (Å²) in [6.45, 7) is 9.44. The molecule has 4 heteroatoms. The Morgan fingerprint density at radius 2 is 1.77 bits per heavy atom. The molecule has 1 aliphatic rings. The van der Waals surface area contributed by atoms with Gasteiger partial charge in [0.25, 0.3) is 0 Å². The van der Waals surface area contributed by atoms with Gasteiger partial charge < -0.3 is 4.74 Å². The topological polar surface area (TPSA) is 48.3 Å². The van der Waals surface area contributed by atoms with E-state index >= 15 is 0 Å². The molecule has 1 aliphatic carbocycles. The number of fused-ring (bicyclic) bond motifs is 3. The molecule has 0 radical (unpaired) electrons. The molecule has 0 spiro atoms.